The van der Waals surface area contributed by atoms with Gasteiger partial charge in [0.05, 0.1) is 17.9 Å². The molecule has 0 unspecified atom stereocenters. The number of aryl methyl sites for hydroxylation is 1. The van der Waals surface area contributed by atoms with Crippen LogP contribution in [-0.2, 0) is 19.5 Å². The molecule has 3 rings (SSSR count). The molecular formula is C12H10ClF2N5. The number of benzene rings is 1. The van der Waals surface area contributed by atoms with Gasteiger partial charge < -0.3 is 9.13 Å². The normalized spacial score (nSPS) is 11.4. The summed E-state index contributed by atoms with van der Waals surface area (Å²) in [5, 5.41) is 7.69. The van der Waals surface area contributed by atoms with Crippen molar-refractivity contribution >= 4 is 22.6 Å². The first kappa shape index (κ1) is 13.0. The third-order valence-corrected chi connectivity index (χ3v) is 3.34. The Hall–Kier alpha value is -2.02. The van der Waals surface area contributed by atoms with E-state index in [0.717, 1.165) is 6.07 Å². The van der Waals surface area contributed by atoms with Crippen LogP contribution in [0.15, 0.2) is 18.5 Å². The minimum absolute atomic E-state index is 0.0867. The Morgan fingerprint density at radius 2 is 2.05 bits per heavy atom. The topological polar surface area (TPSA) is 48.5 Å². The van der Waals surface area contributed by atoms with Crippen LogP contribution >= 0.6 is 11.6 Å². The van der Waals surface area contributed by atoms with Crippen LogP contribution in [0.2, 0.25) is 0 Å². The Morgan fingerprint density at radius 1 is 1.25 bits per heavy atom. The largest absolute Gasteiger partial charge is 0.319 e. The van der Waals surface area contributed by atoms with Crippen molar-refractivity contribution < 1.29 is 8.78 Å². The van der Waals surface area contributed by atoms with Crippen LogP contribution in [0, 0.1) is 11.6 Å². The molecule has 0 radical (unpaired) electrons. The van der Waals surface area contributed by atoms with E-state index in [9.17, 15) is 8.78 Å². The Bertz CT molecular complexity index is 780. The van der Waals surface area contributed by atoms with Gasteiger partial charge in [-0.25, -0.2) is 13.8 Å². The van der Waals surface area contributed by atoms with Crippen molar-refractivity contribution in [3.63, 3.8) is 0 Å². The summed E-state index contributed by atoms with van der Waals surface area (Å²) in [4.78, 5) is 4.21. The minimum atomic E-state index is -0.937. The van der Waals surface area contributed by atoms with Crippen LogP contribution < -0.4 is 0 Å². The zero-order valence-electron chi connectivity index (χ0n) is 10.5. The summed E-state index contributed by atoms with van der Waals surface area (Å²) in [7, 11) is 1.77. The highest BCUT2D eigenvalue weighted by Crippen LogP contribution is 2.23. The van der Waals surface area contributed by atoms with Gasteiger partial charge in [-0.1, -0.05) is 0 Å². The lowest BCUT2D eigenvalue weighted by molar-refractivity contribution is 0.511. The van der Waals surface area contributed by atoms with Crippen molar-refractivity contribution in [2.45, 2.75) is 12.4 Å². The molecule has 0 atom stereocenters. The predicted octanol–water partition coefficient (Wildman–Crippen LogP) is 2.23. The summed E-state index contributed by atoms with van der Waals surface area (Å²) in [6, 6.07) is 2.48. The first-order chi connectivity index (χ1) is 9.61. The number of alkyl halides is 1. The second-order valence-electron chi connectivity index (χ2n) is 4.33. The van der Waals surface area contributed by atoms with Crippen LogP contribution in [0.1, 0.15) is 11.6 Å². The molecular weight excluding hydrogens is 288 g/mol. The summed E-state index contributed by atoms with van der Waals surface area (Å²) < 4.78 is 30.6. The molecule has 0 spiro atoms. The molecule has 20 heavy (non-hydrogen) atoms. The van der Waals surface area contributed by atoms with Crippen LogP contribution in [0.3, 0.4) is 0 Å². The van der Waals surface area contributed by atoms with Gasteiger partial charge in [-0.3, -0.25) is 0 Å². The van der Waals surface area contributed by atoms with E-state index >= 15 is 0 Å². The molecule has 0 saturated carbocycles. The SMILES string of the molecule is Cn1cnnc1Cn1c(CCl)nc2ccc(F)c(F)c21. The Kier molecular flexibility index (Phi) is 3.13. The molecule has 0 saturated heterocycles. The first-order valence-corrected chi connectivity index (χ1v) is 6.37. The quantitative estimate of drug-likeness (QED) is 0.697. The van der Waals surface area contributed by atoms with E-state index in [4.69, 9.17) is 11.6 Å². The van der Waals surface area contributed by atoms with E-state index in [-0.39, 0.29) is 17.9 Å². The number of halogens is 3. The van der Waals surface area contributed by atoms with E-state index in [2.05, 4.69) is 15.2 Å². The van der Waals surface area contributed by atoms with Crippen molar-refractivity contribution in [3.8, 4) is 0 Å². The fraction of sp³-hybridized carbons (Fsp3) is 0.250. The lowest BCUT2D eigenvalue weighted by Crippen LogP contribution is -2.09. The highest BCUT2D eigenvalue weighted by molar-refractivity contribution is 6.16. The van der Waals surface area contributed by atoms with Gasteiger partial charge >= 0.3 is 0 Å². The smallest absolute Gasteiger partial charge is 0.184 e. The van der Waals surface area contributed by atoms with E-state index in [1.165, 1.54) is 17.0 Å². The predicted molar refractivity (Wildman–Crippen MR) is 69.3 cm³/mol. The second-order valence-corrected chi connectivity index (χ2v) is 4.60. The molecule has 0 aliphatic rings. The Morgan fingerprint density at radius 3 is 2.70 bits per heavy atom. The molecule has 104 valence electrons. The fourth-order valence-electron chi connectivity index (χ4n) is 2.07. The van der Waals surface area contributed by atoms with E-state index < -0.39 is 11.6 Å². The van der Waals surface area contributed by atoms with Crippen LogP contribution in [-0.4, -0.2) is 24.3 Å². The number of aromatic nitrogens is 5. The summed E-state index contributed by atoms with van der Waals surface area (Å²) in [5.41, 5.74) is 0.449. The zero-order valence-corrected chi connectivity index (χ0v) is 11.3. The molecule has 8 heteroatoms. The van der Waals surface area contributed by atoms with Gasteiger partial charge in [0.2, 0.25) is 0 Å². The van der Waals surface area contributed by atoms with Crippen molar-refractivity contribution in [2.24, 2.45) is 7.05 Å². The fourth-order valence-corrected chi connectivity index (χ4v) is 2.27. The van der Waals surface area contributed by atoms with Gasteiger partial charge in [-0.15, -0.1) is 21.8 Å². The molecule has 0 fully saturated rings. The number of imidazole rings is 1. The molecule has 5 nitrogen and oxygen atoms in total. The van der Waals surface area contributed by atoms with E-state index in [0.29, 0.717) is 17.2 Å². The third kappa shape index (κ3) is 1.94. The maximum absolute atomic E-state index is 14.0. The number of hydrogen-bond donors (Lipinski definition) is 0. The van der Waals surface area contributed by atoms with Crippen molar-refractivity contribution in [1.82, 2.24) is 24.3 Å². The van der Waals surface area contributed by atoms with Gasteiger partial charge in [0.1, 0.15) is 17.7 Å². The molecule has 0 aliphatic heterocycles. The van der Waals surface area contributed by atoms with E-state index in [1.54, 1.807) is 11.6 Å². The molecule has 0 bridgehead atoms. The van der Waals surface area contributed by atoms with Crippen LogP contribution in [0.5, 0.6) is 0 Å². The first-order valence-electron chi connectivity index (χ1n) is 5.83. The summed E-state index contributed by atoms with van der Waals surface area (Å²) in [5.74, 6) is -0.715. The van der Waals surface area contributed by atoms with Gasteiger partial charge in [0.25, 0.3) is 0 Å². The van der Waals surface area contributed by atoms with Crippen LogP contribution in [0.25, 0.3) is 11.0 Å². The molecule has 3 aromatic rings. The summed E-state index contributed by atoms with van der Waals surface area (Å²) in [6.45, 7) is 0.218. The average Bonchev–Trinajstić information content (AvgIpc) is 2.99. The highest BCUT2D eigenvalue weighted by Gasteiger charge is 2.18. The third-order valence-electron chi connectivity index (χ3n) is 3.10. The van der Waals surface area contributed by atoms with Crippen LogP contribution in [0.4, 0.5) is 8.78 Å². The van der Waals surface area contributed by atoms with Crippen molar-refractivity contribution in [3.05, 3.63) is 41.7 Å². The molecule has 0 aliphatic carbocycles. The Balaban J connectivity index is 2.22. The molecule has 0 N–H and O–H groups in total. The molecule has 0 amide bonds. The number of hydrogen-bond acceptors (Lipinski definition) is 3. The maximum atomic E-state index is 14.0. The lowest BCUT2D eigenvalue weighted by Gasteiger charge is -2.07. The second kappa shape index (κ2) is 4.82. The summed E-state index contributed by atoms with van der Waals surface area (Å²) >= 11 is 5.83. The standard InChI is InChI=1S/C12H10ClF2N5/c1-19-6-16-18-10(19)5-20-9(4-13)17-8-3-2-7(14)11(15)12(8)20/h2-3,6H,4-5H2,1H3. The number of nitrogens with zero attached hydrogens (tertiary/aromatic N) is 5. The van der Waals surface area contributed by atoms with Gasteiger partial charge in [0.15, 0.2) is 17.5 Å². The number of rotatable bonds is 3. The molecule has 2 heterocycles. The van der Waals surface area contributed by atoms with Gasteiger partial charge in [0, 0.05) is 7.05 Å². The molecule has 1 aromatic carbocycles. The Labute approximate surface area is 117 Å². The van der Waals surface area contributed by atoms with Gasteiger partial charge in [-0.05, 0) is 12.1 Å². The zero-order chi connectivity index (χ0) is 14.3. The monoisotopic (exact) mass is 297 g/mol. The molecule has 2 aromatic heterocycles. The average molecular weight is 298 g/mol. The van der Waals surface area contributed by atoms with E-state index in [1.807, 2.05) is 0 Å². The lowest BCUT2D eigenvalue weighted by atomic mass is 10.3. The maximum Gasteiger partial charge on any atom is 0.184 e. The minimum Gasteiger partial charge on any atom is -0.319 e. The summed E-state index contributed by atoms with van der Waals surface area (Å²) in [6.07, 6.45) is 1.53. The number of fused-ring (bicyclic) bond motifs is 1. The highest BCUT2D eigenvalue weighted by atomic mass is 35.5. The van der Waals surface area contributed by atoms with Crippen molar-refractivity contribution in [2.75, 3.05) is 0 Å². The van der Waals surface area contributed by atoms with Gasteiger partial charge in [-0.2, -0.15) is 0 Å². The van der Waals surface area contributed by atoms with Crippen molar-refractivity contribution in [1.29, 1.82) is 0 Å².